The van der Waals surface area contributed by atoms with Crippen LogP contribution in [-0.2, 0) is 17.8 Å². The molecule has 4 aromatic rings. The maximum atomic E-state index is 13.0. The first-order valence-electron chi connectivity index (χ1n) is 9.95. The van der Waals surface area contributed by atoms with Gasteiger partial charge in [0.05, 0.1) is 23.3 Å². The maximum absolute atomic E-state index is 13.0. The highest BCUT2D eigenvalue weighted by Crippen LogP contribution is 2.34. The lowest BCUT2D eigenvalue weighted by atomic mass is 10.0. The van der Waals surface area contributed by atoms with Crippen molar-refractivity contribution < 1.29 is 14.1 Å². The van der Waals surface area contributed by atoms with Gasteiger partial charge in [-0.3, -0.25) is 4.79 Å². The van der Waals surface area contributed by atoms with Gasteiger partial charge in [-0.1, -0.05) is 17.3 Å². The largest absolute Gasteiger partial charge is 0.377 e. The van der Waals surface area contributed by atoms with Gasteiger partial charge in [0, 0.05) is 24.9 Å². The number of hydrogen-bond donors (Lipinski definition) is 1. The summed E-state index contributed by atoms with van der Waals surface area (Å²) in [6.07, 6.45) is 5.28. The van der Waals surface area contributed by atoms with E-state index in [0.717, 1.165) is 40.7 Å². The molecule has 0 bridgehead atoms. The van der Waals surface area contributed by atoms with Crippen molar-refractivity contribution in [3.8, 4) is 11.3 Å². The second-order valence-corrected chi connectivity index (χ2v) is 7.68. The molecule has 0 saturated carbocycles. The summed E-state index contributed by atoms with van der Waals surface area (Å²) < 4.78 is 12.1. The number of fused-ring (bicyclic) bond motifs is 2. The van der Waals surface area contributed by atoms with Crippen LogP contribution in [0.5, 0.6) is 0 Å². The highest BCUT2D eigenvalue weighted by atomic mass is 16.5. The molecule has 1 amide bonds. The summed E-state index contributed by atoms with van der Waals surface area (Å²) in [5, 5.41) is 11.6. The van der Waals surface area contributed by atoms with Crippen molar-refractivity contribution in [2.75, 3.05) is 7.11 Å². The molecule has 30 heavy (non-hydrogen) atoms. The number of carbonyl (C=O) groups excluding carboxylic acids is 1. The molecule has 0 saturated heterocycles. The summed E-state index contributed by atoms with van der Waals surface area (Å²) in [6, 6.07) is 12.1. The summed E-state index contributed by atoms with van der Waals surface area (Å²) in [7, 11) is 1.63. The van der Waals surface area contributed by atoms with E-state index in [0.29, 0.717) is 17.9 Å². The molecule has 7 heteroatoms. The van der Waals surface area contributed by atoms with Crippen LogP contribution in [-0.4, -0.2) is 27.8 Å². The summed E-state index contributed by atoms with van der Waals surface area (Å²) in [5.74, 6) is 0.597. The number of rotatable bonds is 5. The standard InChI is InChI=1S/C23H22N4O3/c1-14-7-8-27-22(9-14)19(12-24-27)23(28)25-20-6-4-15-10-16(3-5-18(15)20)21-11-17(13-29-2)30-26-21/h3,5,7-12,20H,4,6,13H2,1-2H3,(H,25,28)/t20-/m1/s1. The molecule has 0 radical (unpaired) electrons. The quantitative estimate of drug-likeness (QED) is 0.548. The SMILES string of the molecule is COCc1cc(-c2ccc3c(c2)CC[C@H]3NC(=O)c2cnn3ccc(C)cc23)no1. The second-order valence-electron chi connectivity index (χ2n) is 7.68. The van der Waals surface area contributed by atoms with E-state index in [-0.39, 0.29) is 11.9 Å². The van der Waals surface area contributed by atoms with E-state index in [1.807, 2.05) is 37.4 Å². The topological polar surface area (TPSA) is 81.7 Å². The van der Waals surface area contributed by atoms with Crippen LogP contribution in [0.25, 0.3) is 16.8 Å². The predicted molar refractivity (Wildman–Crippen MR) is 111 cm³/mol. The molecule has 1 aromatic carbocycles. The van der Waals surface area contributed by atoms with Gasteiger partial charge in [0.25, 0.3) is 5.91 Å². The zero-order valence-corrected chi connectivity index (χ0v) is 16.9. The van der Waals surface area contributed by atoms with Crippen LogP contribution in [0.3, 0.4) is 0 Å². The van der Waals surface area contributed by atoms with Crippen molar-refractivity contribution >= 4 is 11.4 Å². The van der Waals surface area contributed by atoms with E-state index < -0.39 is 0 Å². The van der Waals surface area contributed by atoms with E-state index in [9.17, 15) is 4.79 Å². The predicted octanol–water partition coefficient (Wildman–Crippen LogP) is 3.86. The monoisotopic (exact) mass is 402 g/mol. The van der Waals surface area contributed by atoms with Gasteiger partial charge in [-0.2, -0.15) is 5.10 Å². The molecular weight excluding hydrogens is 380 g/mol. The second kappa shape index (κ2) is 7.42. The lowest BCUT2D eigenvalue weighted by Gasteiger charge is -2.14. The number of benzene rings is 1. The van der Waals surface area contributed by atoms with Crippen molar-refractivity contribution in [3.05, 3.63) is 76.8 Å². The third-order valence-corrected chi connectivity index (χ3v) is 5.59. The van der Waals surface area contributed by atoms with E-state index in [2.05, 4.69) is 27.7 Å². The van der Waals surface area contributed by atoms with Crippen molar-refractivity contribution in [1.29, 1.82) is 0 Å². The fraction of sp³-hybridized carbons (Fsp3) is 0.261. The summed E-state index contributed by atoms with van der Waals surface area (Å²) in [6.45, 7) is 2.40. The first-order valence-corrected chi connectivity index (χ1v) is 9.95. The van der Waals surface area contributed by atoms with Crippen LogP contribution in [0.1, 0.15) is 45.3 Å². The van der Waals surface area contributed by atoms with Crippen molar-refractivity contribution in [2.24, 2.45) is 0 Å². The molecule has 0 aliphatic heterocycles. The smallest absolute Gasteiger partial charge is 0.255 e. The van der Waals surface area contributed by atoms with E-state index in [4.69, 9.17) is 9.26 Å². The Labute approximate surface area is 173 Å². The molecule has 7 nitrogen and oxygen atoms in total. The zero-order valence-electron chi connectivity index (χ0n) is 16.9. The summed E-state index contributed by atoms with van der Waals surface area (Å²) in [4.78, 5) is 13.0. The molecule has 3 heterocycles. The normalized spacial score (nSPS) is 15.5. The van der Waals surface area contributed by atoms with Crippen LogP contribution >= 0.6 is 0 Å². The van der Waals surface area contributed by atoms with Gasteiger partial charge in [0.2, 0.25) is 0 Å². The van der Waals surface area contributed by atoms with Crippen LogP contribution in [0.2, 0.25) is 0 Å². The minimum Gasteiger partial charge on any atom is -0.377 e. The van der Waals surface area contributed by atoms with E-state index in [1.165, 1.54) is 5.56 Å². The highest BCUT2D eigenvalue weighted by Gasteiger charge is 2.26. The first-order chi connectivity index (χ1) is 14.6. The number of aryl methyl sites for hydroxylation is 2. The number of aromatic nitrogens is 3. The Morgan fingerprint density at radius 2 is 2.20 bits per heavy atom. The highest BCUT2D eigenvalue weighted by molar-refractivity contribution is 6.00. The molecule has 5 rings (SSSR count). The van der Waals surface area contributed by atoms with Gasteiger partial charge in [-0.25, -0.2) is 4.52 Å². The van der Waals surface area contributed by atoms with Crippen molar-refractivity contribution in [3.63, 3.8) is 0 Å². The lowest BCUT2D eigenvalue weighted by Crippen LogP contribution is -2.27. The van der Waals surface area contributed by atoms with Crippen molar-refractivity contribution in [1.82, 2.24) is 20.1 Å². The Bertz CT molecular complexity index is 1240. The van der Waals surface area contributed by atoms with Gasteiger partial charge < -0.3 is 14.6 Å². The Hall–Kier alpha value is -3.45. The Balaban J connectivity index is 1.36. The number of nitrogens with one attached hydrogen (secondary N) is 1. The van der Waals surface area contributed by atoms with Crippen LogP contribution in [0.15, 0.2) is 53.3 Å². The number of pyridine rings is 1. The minimum absolute atomic E-state index is 0.0114. The maximum Gasteiger partial charge on any atom is 0.255 e. The van der Waals surface area contributed by atoms with Crippen LogP contribution < -0.4 is 5.32 Å². The van der Waals surface area contributed by atoms with Gasteiger partial charge in [0.1, 0.15) is 12.3 Å². The molecule has 0 fully saturated rings. The molecule has 3 aromatic heterocycles. The number of methoxy groups -OCH3 is 1. The fourth-order valence-corrected chi connectivity index (χ4v) is 4.08. The van der Waals surface area contributed by atoms with Gasteiger partial charge >= 0.3 is 0 Å². The Morgan fingerprint density at radius 1 is 1.30 bits per heavy atom. The molecular formula is C23H22N4O3. The van der Waals surface area contributed by atoms with Crippen LogP contribution in [0.4, 0.5) is 0 Å². The van der Waals surface area contributed by atoms with Gasteiger partial charge in [0.15, 0.2) is 5.76 Å². The summed E-state index contributed by atoms with van der Waals surface area (Å²) in [5.41, 5.74) is 6.68. The Morgan fingerprint density at radius 3 is 3.07 bits per heavy atom. The minimum atomic E-state index is -0.0989. The lowest BCUT2D eigenvalue weighted by molar-refractivity contribution is 0.0938. The molecule has 0 unspecified atom stereocenters. The molecule has 0 spiro atoms. The molecule has 1 aliphatic rings. The molecule has 152 valence electrons. The number of ether oxygens (including phenoxy) is 1. The zero-order chi connectivity index (χ0) is 20.7. The van der Waals surface area contributed by atoms with Crippen molar-refractivity contribution in [2.45, 2.75) is 32.4 Å². The first kappa shape index (κ1) is 18.6. The van der Waals surface area contributed by atoms with Gasteiger partial charge in [-0.15, -0.1) is 0 Å². The Kier molecular flexibility index (Phi) is 4.59. The number of hydrogen-bond acceptors (Lipinski definition) is 5. The summed E-state index contributed by atoms with van der Waals surface area (Å²) >= 11 is 0. The number of amides is 1. The fourth-order valence-electron chi connectivity index (χ4n) is 4.08. The van der Waals surface area contributed by atoms with Gasteiger partial charge in [-0.05, 0) is 54.7 Å². The average molecular weight is 402 g/mol. The molecule has 1 N–H and O–H groups in total. The number of carbonyl (C=O) groups is 1. The van der Waals surface area contributed by atoms with E-state index >= 15 is 0 Å². The van der Waals surface area contributed by atoms with E-state index in [1.54, 1.807) is 17.8 Å². The third kappa shape index (κ3) is 3.27. The van der Waals surface area contributed by atoms with Crippen LogP contribution in [0, 0.1) is 6.92 Å². The third-order valence-electron chi connectivity index (χ3n) is 5.59. The number of nitrogens with zero attached hydrogens (tertiary/aromatic N) is 3. The average Bonchev–Trinajstić information content (AvgIpc) is 3.46. The molecule has 1 atom stereocenters. The molecule has 1 aliphatic carbocycles.